The van der Waals surface area contributed by atoms with E-state index in [2.05, 4.69) is 15.3 Å². The third-order valence-electron chi connectivity index (χ3n) is 1.91. The largest absolute Gasteiger partial charge is 0.382 e. The van der Waals surface area contributed by atoms with Gasteiger partial charge in [0.25, 0.3) is 0 Å². The average Bonchev–Trinajstić information content (AvgIpc) is 2.58. The predicted octanol–water partition coefficient (Wildman–Crippen LogP) is 1.77. The smallest absolute Gasteiger partial charge is 0.143 e. The Kier molecular flexibility index (Phi) is 2.50. The molecule has 15 heavy (non-hydrogen) atoms. The van der Waals surface area contributed by atoms with Gasteiger partial charge in [0, 0.05) is 7.05 Å². The molecular formula is C8H7Cl2N5. The van der Waals surface area contributed by atoms with E-state index in [-0.39, 0.29) is 5.82 Å². The van der Waals surface area contributed by atoms with Crippen LogP contribution in [0, 0.1) is 0 Å². The summed E-state index contributed by atoms with van der Waals surface area (Å²) in [6.45, 7) is 0. The van der Waals surface area contributed by atoms with Crippen molar-refractivity contribution in [2.75, 3.05) is 5.73 Å². The van der Waals surface area contributed by atoms with Gasteiger partial charge in [-0.25, -0.2) is 9.67 Å². The van der Waals surface area contributed by atoms with Crippen molar-refractivity contribution in [3.63, 3.8) is 0 Å². The molecule has 0 aliphatic rings. The van der Waals surface area contributed by atoms with E-state index in [1.807, 2.05) is 0 Å². The van der Waals surface area contributed by atoms with Crippen molar-refractivity contribution in [1.82, 2.24) is 20.0 Å². The number of pyridine rings is 1. The molecule has 2 N–H and O–H groups in total. The topological polar surface area (TPSA) is 69.6 Å². The Hall–Kier alpha value is -1.33. The van der Waals surface area contributed by atoms with Crippen LogP contribution in [0.4, 0.5) is 5.82 Å². The molecule has 0 aliphatic heterocycles. The molecule has 78 valence electrons. The highest BCUT2D eigenvalue weighted by Gasteiger charge is 2.12. The number of nitrogens with two attached hydrogens (primary N) is 1. The quantitative estimate of drug-likeness (QED) is 0.829. The normalized spacial score (nSPS) is 10.6. The monoisotopic (exact) mass is 243 g/mol. The maximum Gasteiger partial charge on any atom is 0.143 e. The van der Waals surface area contributed by atoms with Crippen LogP contribution in [0.3, 0.4) is 0 Å². The van der Waals surface area contributed by atoms with Gasteiger partial charge in [0.15, 0.2) is 0 Å². The van der Waals surface area contributed by atoms with Crippen LogP contribution in [0.25, 0.3) is 11.4 Å². The molecule has 0 saturated heterocycles. The van der Waals surface area contributed by atoms with Crippen molar-refractivity contribution in [2.45, 2.75) is 0 Å². The van der Waals surface area contributed by atoms with Gasteiger partial charge < -0.3 is 5.73 Å². The molecule has 0 atom stereocenters. The zero-order valence-corrected chi connectivity index (χ0v) is 9.29. The summed E-state index contributed by atoms with van der Waals surface area (Å²) < 4.78 is 1.56. The van der Waals surface area contributed by atoms with Crippen LogP contribution in [-0.4, -0.2) is 20.0 Å². The molecule has 0 aliphatic carbocycles. The number of nitrogens with zero attached hydrogens (tertiary/aromatic N) is 4. The van der Waals surface area contributed by atoms with E-state index < -0.39 is 0 Å². The van der Waals surface area contributed by atoms with Gasteiger partial charge in [-0.15, -0.1) is 5.10 Å². The lowest BCUT2D eigenvalue weighted by atomic mass is 10.3. The number of rotatable bonds is 1. The van der Waals surface area contributed by atoms with Gasteiger partial charge in [-0.3, -0.25) is 0 Å². The van der Waals surface area contributed by atoms with Crippen LogP contribution in [0.5, 0.6) is 0 Å². The Morgan fingerprint density at radius 1 is 1.33 bits per heavy atom. The van der Waals surface area contributed by atoms with Gasteiger partial charge in [0.05, 0.1) is 16.2 Å². The number of hydrogen-bond acceptors (Lipinski definition) is 4. The van der Waals surface area contributed by atoms with Gasteiger partial charge in [0.1, 0.15) is 17.2 Å². The summed E-state index contributed by atoms with van der Waals surface area (Å²) in [4.78, 5) is 4.09. The number of hydrogen-bond donors (Lipinski definition) is 1. The molecule has 0 saturated carbocycles. The lowest BCUT2D eigenvalue weighted by molar-refractivity contribution is 0.719. The van der Waals surface area contributed by atoms with Crippen LogP contribution in [0.1, 0.15) is 0 Å². The summed E-state index contributed by atoms with van der Waals surface area (Å²) in [5, 5.41) is 8.26. The fourth-order valence-corrected chi connectivity index (χ4v) is 1.62. The number of nitrogen functional groups attached to an aromatic ring is 1. The third kappa shape index (κ3) is 1.75. The minimum absolute atomic E-state index is 0.234. The highest BCUT2D eigenvalue weighted by Crippen LogP contribution is 2.30. The molecular weight excluding hydrogens is 237 g/mol. The summed E-state index contributed by atoms with van der Waals surface area (Å²) in [5.74, 6) is 0.234. The van der Waals surface area contributed by atoms with E-state index in [4.69, 9.17) is 28.9 Å². The maximum absolute atomic E-state index is 5.99. The molecule has 2 rings (SSSR count). The van der Waals surface area contributed by atoms with E-state index in [1.165, 1.54) is 0 Å². The van der Waals surface area contributed by atoms with Crippen molar-refractivity contribution in [2.24, 2.45) is 7.05 Å². The lowest BCUT2D eigenvalue weighted by Gasteiger charge is -2.05. The van der Waals surface area contributed by atoms with Crippen LogP contribution in [0.15, 0.2) is 12.3 Å². The summed E-state index contributed by atoms with van der Waals surface area (Å²) in [6.07, 6.45) is 1.56. The average molecular weight is 244 g/mol. The van der Waals surface area contributed by atoms with Gasteiger partial charge in [-0.1, -0.05) is 28.4 Å². The molecule has 2 heterocycles. The molecule has 2 aromatic heterocycles. The lowest BCUT2D eigenvalue weighted by Crippen LogP contribution is -1.99. The number of halogens is 2. The Morgan fingerprint density at radius 3 is 2.67 bits per heavy atom. The van der Waals surface area contributed by atoms with Crippen molar-refractivity contribution < 1.29 is 0 Å². The van der Waals surface area contributed by atoms with Gasteiger partial charge in [-0.2, -0.15) is 0 Å². The summed E-state index contributed by atoms with van der Waals surface area (Å²) in [5.41, 5.74) is 6.80. The summed E-state index contributed by atoms with van der Waals surface area (Å²) >= 11 is 11.8. The highest BCUT2D eigenvalue weighted by atomic mass is 35.5. The first-order valence-electron chi connectivity index (χ1n) is 4.06. The minimum atomic E-state index is 0.234. The SMILES string of the molecule is Cn1nncc1-c1nc(N)c(Cl)cc1Cl. The first-order chi connectivity index (χ1) is 7.09. The van der Waals surface area contributed by atoms with Crippen LogP contribution in [-0.2, 0) is 7.05 Å². The Labute approximate surface area is 95.8 Å². The van der Waals surface area contributed by atoms with Crippen LogP contribution in [0.2, 0.25) is 10.0 Å². The standard InChI is InChI=1S/C8H7Cl2N5/c1-15-6(3-12-14-15)7-4(9)2-5(10)8(11)13-7/h2-3H,1H3,(H2,11,13). The van der Waals surface area contributed by atoms with Gasteiger partial charge in [-0.05, 0) is 6.07 Å². The summed E-state index contributed by atoms with van der Waals surface area (Å²) in [6, 6.07) is 1.55. The summed E-state index contributed by atoms with van der Waals surface area (Å²) in [7, 11) is 1.74. The van der Waals surface area contributed by atoms with Crippen molar-refractivity contribution in [1.29, 1.82) is 0 Å². The number of anilines is 1. The fraction of sp³-hybridized carbons (Fsp3) is 0.125. The zero-order chi connectivity index (χ0) is 11.0. The van der Waals surface area contributed by atoms with Gasteiger partial charge in [0.2, 0.25) is 0 Å². The first kappa shape index (κ1) is 10.2. The molecule has 0 amide bonds. The molecule has 0 spiro atoms. The van der Waals surface area contributed by atoms with E-state index >= 15 is 0 Å². The number of aryl methyl sites for hydroxylation is 1. The van der Waals surface area contributed by atoms with E-state index in [0.29, 0.717) is 21.4 Å². The minimum Gasteiger partial charge on any atom is -0.382 e. The molecule has 0 unspecified atom stereocenters. The van der Waals surface area contributed by atoms with Crippen molar-refractivity contribution >= 4 is 29.0 Å². The second kappa shape index (κ2) is 3.67. The van der Waals surface area contributed by atoms with E-state index in [1.54, 1.807) is 24.0 Å². The molecule has 0 radical (unpaired) electrons. The van der Waals surface area contributed by atoms with Gasteiger partial charge >= 0.3 is 0 Å². The maximum atomic E-state index is 5.99. The Balaban J connectivity index is 2.64. The second-order valence-electron chi connectivity index (χ2n) is 2.93. The Morgan fingerprint density at radius 2 is 2.07 bits per heavy atom. The predicted molar refractivity (Wildman–Crippen MR) is 58.7 cm³/mol. The highest BCUT2D eigenvalue weighted by molar-refractivity contribution is 6.37. The Bertz CT molecular complexity index is 508. The molecule has 0 bridgehead atoms. The first-order valence-corrected chi connectivity index (χ1v) is 4.81. The van der Waals surface area contributed by atoms with Crippen LogP contribution >= 0.6 is 23.2 Å². The van der Waals surface area contributed by atoms with E-state index in [0.717, 1.165) is 0 Å². The van der Waals surface area contributed by atoms with Crippen molar-refractivity contribution in [3.8, 4) is 11.4 Å². The van der Waals surface area contributed by atoms with Crippen LogP contribution < -0.4 is 5.73 Å². The van der Waals surface area contributed by atoms with E-state index in [9.17, 15) is 0 Å². The molecule has 0 aromatic carbocycles. The molecule has 0 fully saturated rings. The molecule has 2 aromatic rings. The van der Waals surface area contributed by atoms with Crippen molar-refractivity contribution in [3.05, 3.63) is 22.3 Å². The zero-order valence-electron chi connectivity index (χ0n) is 7.78. The second-order valence-corrected chi connectivity index (χ2v) is 3.74. The molecule has 7 heteroatoms. The molecule has 5 nitrogen and oxygen atoms in total. The third-order valence-corrected chi connectivity index (χ3v) is 2.50. The number of aromatic nitrogens is 4. The fourth-order valence-electron chi connectivity index (χ4n) is 1.16.